The first-order valence-electron chi connectivity index (χ1n) is 11.7. The Bertz CT molecular complexity index is 1620. The Kier molecular flexibility index (Phi) is 9.09. The minimum absolute atomic E-state index is 0.0882. The minimum atomic E-state index is -3.82. The van der Waals surface area contributed by atoms with Crippen LogP contribution >= 0.6 is 0 Å². The van der Waals surface area contributed by atoms with Crippen molar-refractivity contribution in [3.05, 3.63) is 143 Å². The van der Waals surface area contributed by atoms with Crippen molar-refractivity contribution in [3.63, 3.8) is 0 Å². The van der Waals surface area contributed by atoms with Gasteiger partial charge in [0.1, 0.15) is 11.5 Å². The zero-order chi connectivity index (χ0) is 27.9. The molecule has 0 N–H and O–H groups in total. The first kappa shape index (κ1) is 28.6. The molecule has 0 spiro atoms. The fourth-order valence-electron chi connectivity index (χ4n) is 3.22. The number of rotatable bonds is 10. The van der Waals surface area contributed by atoms with E-state index in [4.69, 9.17) is 4.74 Å². The van der Waals surface area contributed by atoms with E-state index in [1.165, 1.54) is 37.3 Å². The summed E-state index contributed by atoms with van der Waals surface area (Å²) in [6, 6.07) is 22.0. The molecule has 0 saturated carbocycles. The summed E-state index contributed by atoms with van der Waals surface area (Å²) in [5.74, 6) is 1.16. The van der Waals surface area contributed by atoms with Crippen molar-refractivity contribution in [3.8, 4) is 11.5 Å². The molecule has 0 radical (unpaired) electrons. The summed E-state index contributed by atoms with van der Waals surface area (Å²) >= 11 is 0. The maximum absolute atomic E-state index is 13.0. The van der Waals surface area contributed by atoms with E-state index in [1.54, 1.807) is 61.5 Å². The van der Waals surface area contributed by atoms with Gasteiger partial charge in [0.25, 0.3) is 0 Å². The number of benzene rings is 3. The molecule has 3 aromatic carbocycles. The van der Waals surface area contributed by atoms with Gasteiger partial charge in [0, 0.05) is 4.91 Å². The van der Waals surface area contributed by atoms with E-state index in [1.807, 2.05) is 25.1 Å². The van der Waals surface area contributed by atoms with E-state index in [2.05, 4.69) is 13.2 Å². The summed E-state index contributed by atoms with van der Waals surface area (Å²) in [6.07, 6.45) is 6.06. The number of aryl methyl sites for hydroxylation is 1. The van der Waals surface area contributed by atoms with E-state index < -0.39 is 19.7 Å². The van der Waals surface area contributed by atoms with Crippen LogP contribution in [0.3, 0.4) is 0 Å². The Hall–Kier alpha value is -3.94. The predicted octanol–water partition coefficient (Wildman–Crippen LogP) is 7.51. The summed E-state index contributed by atoms with van der Waals surface area (Å²) < 4.78 is 57.2. The van der Waals surface area contributed by atoms with E-state index in [-0.39, 0.29) is 19.6 Å². The monoisotopic (exact) mass is 546 g/mol. The van der Waals surface area contributed by atoms with Crippen LogP contribution in [-0.2, 0) is 19.7 Å². The second-order valence-corrected chi connectivity index (χ2v) is 12.8. The maximum Gasteiger partial charge on any atom is 0.206 e. The van der Waals surface area contributed by atoms with Crippen molar-refractivity contribution in [1.29, 1.82) is 0 Å². The van der Waals surface area contributed by atoms with Gasteiger partial charge in [-0.05, 0) is 92.6 Å². The number of sulfone groups is 2. The fraction of sp³-hybridized carbons (Fsp3) is 0.0968. The normalized spacial score (nSPS) is 12.9. The fourth-order valence-corrected chi connectivity index (χ4v) is 5.38. The van der Waals surface area contributed by atoms with Crippen LogP contribution in [0.25, 0.3) is 0 Å². The van der Waals surface area contributed by atoms with Crippen LogP contribution < -0.4 is 4.74 Å². The molecule has 0 heterocycles. The van der Waals surface area contributed by atoms with Crippen LogP contribution in [0.1, 0.15) is 19.4 Å². The number of para-hydroxylation sites is 1. The Morgan fingerprint density at radius 1 is 0.684 bits per heavy atom. The third kappa shape index (κ3) is 7.09. The zero-order valence-corrected chi connectivity index (χ0v) is 23.2. The Balaban J connectivity index is 1.68. The van der Waals surface area contributed by atoms with Crippen LogP contribution in [0.2, 0.25) is 0 Å². The molecular weight excluding hydrogens is 516 g/mol. The largest absolute Gasteiger partial charge is 0.457 e. The van der Waals surface area contributed by atoms with E-state index in [0.717, 1.165) is 5.56 Å². The predicted molar refractivity (Wildman–Crippen MR) is 153 cm³/mol. The molecule has 0 aliphatic carbocycles. The van der Waals surface area contributed by atoms with Gasteiger partial charge in [-0.3, -0.25) is 0 Å². The van der Waals surface area contributed by atoms with Gasteiger partial charge in [-0.2, -0.15) is 0 Å². The molecular formula is C31H30O5S2. The SMILES string of the molecule is C=C(/C=C\C(=C)S(=O)(=O)c1ccc(Oc2ccccc2)cc1)/C(C)=C/C=C(\C)S(=O)(=O)c1ccc(C)cc1. The van der Waals surface area contributed by atoms with Gasteiger partial charge in [0.05, 0.1) is 14.7 Å². The van der Waals surface area contributed by atoms with Gasteiger partial charge >= 0.3 is 0 Å². The van der Waals surface area contributed by atoms with Crippen LogP contribution in [0.4, 0.5) is 0 Å². The van der Waals surface area contributed by atoms with E-state index >= 15 is 0 Å². The van der Waals surface area contributed by atoms with Crippen molar-refractivity contribution in [1.82, 2.24) is 0 Å². The van der Waals surface area contributed by atoms with Gasteiger partial charge < -0.3 is 4.74 Å². The summed E-state index contributed by atoms with van der Waals surface area (Å²) in [4.78, 5) is 0.397. The number of ether oxygens (including phenoxy) is 1. The average molecular weight is 547 g/mol. The molecule has 5 nitrogen and oxygen atoms in total. The first-order valence-corrected chi connectivity index (χ1v) is 14.7. The highest BCUT2D eigenvalue weighted by molar-refractivity contribution is 7.95. The minimum Gasteiger partial charge on any atom is -0.457 e. The molecule has 0 saturated heterocycles. The Labute approximate surface area is 225 Å². The topological polar surface area (TPSA) is 77.5 Å². The zero-order valence-electron chi connectivity index (χ0n) is 21.6. The van der Waals surface area contributed by atoms with Crippen molar-refractivity contribution in [2.75, 3.05) is 0 Å². The average Bonchev–Trinajstić information content (AvgIpc) is 2.91. The maximum atomic E-state index is 13.0. The smallest absolute Gasteiger partial charge is 0.206 e. The van der Waals surface area contributed by atoms with Crippen LogP contribution in [0.5, 0.6) is 11.5 Å². The van der Waals surface area contributed by atoms with Gasteiger partial charge in [0.2, 0.25) is 19.7 Å². The highest BCUT2D eigenvalue weighted by Crippen LogP contribution is 2.26. The highest BCUT2D eigenvalue weighted by Gasteiger charge is 2.18. The molecule has 38 heavy (non-hydrogen) atoms. The highest BCUT2D eigenvalue weighted by atomic mass is 32.2. The molecule has 0 aromatic heterocycles. The van der Waals surface area contributed by atoms with Crippen molar-refractivity contribution in [2.45, 2.75) is 30.6 Å². The molecule has 0 fully saturated rings. The quantitative estimate of drug-likeness (QED) is 0.246. The van der Waals surface area contributed by atoms with E-state index in [9.17, 15) is 16.8 Å². The summed E-state index contributed by atoms with van der Waals surface area (Å²) in [6.45, 7) is 12.8. The van der Waals surface area contributed by atoms with Gasteiger partial charge in [-0.1, -0.05) is 61.2 Å². The van der Waals surface area contributed by atoms with Crippen molar-refractivity contribution < 1.29 is 21.6 Å². The van der Waals surface area contributed by atoms with Gasteiger partial charge in [-0.25, -0.2) is 16.8 Å². The molecule has 7 heteroatoms. The number of allylic oxidation sites excluding steroid dienone is 7. The summed E-state index contributed by atoms with van der Waals surface area (Å²) in [7, 11) is -7.42. The lowest BCUT2D eigenvalue weighted by molar-refractivity contribution is 0.482. The lowest BCUT2D eigenvalue weighted by atomic mass is 10.1. The van der Waals surface area contributed by atoms with E-state index in [0.29, 0.717) is 22.6 Å². The molecule has 0 bridgehead atoms. The number of hydrogen-bond donors (Lipinski definition) is 0. The van der Waals surface area contributed by atoms with Gasteiger partial charge in [0.15, 0.2) is 0 Å². The second kappa shape index (κ2) is 12.1. The molecule has 0 aliphatic rings. The second-order valence-electron chi connectivity index (χ2n) is 8.66. The van der Waals surface area contributed by atoms with Crippen LogP contribution in [0.15, 0.2) is 147 Å². The van der Waals surface area contributed by atoms with Crippen molar-refractivity contribution in [2.24, 2.45) is 0 Å². The molecule has 0 aliphatic heterocycles. The van der Waals surface area contributed by atoms with Gasteiger partial charge in [-0.15, -0.1) is 0 Å². The molecule has 0 atom stereocenters. The molecule has 0 amide bonds. The third-order valence-corrected chi connectivity index (χ3v) is 9.35. The first-order chi connectivity index (χ1) is 17.9. The molecule has 3 rings (SSSR count). The summed E-state index contributed by atoms with van der Waals surface area (Å²) in [5, 5.41) is 0. The van der Waals surface area contributed by atoms with Crippen molar-refractivity contribution >= 4 is 19.7 Å². The number of hydrogen-bond acceptors (Lipinski definition) is 5. The Morgan fingerprint density at radius 2 is 1.21 bits per heavy atom. The summed E-state index contributed by atoms with van der Waals surface area (Å²) in [5.41, 5.74) is 2.17. The molecule has 196 valence electrons. The lowest BCUT2D eigenvalue weighted by Gasteiger charge is -2.08. The van der Waals surface area contributed by atoms with Crippen LogP contribution in [0, 0.1) is 6.92 Å². The molecule has 0 unspecified atom stereocenters. The lowest BCUT2D eigenvalue weighted by Crippen LogP contribution is -2.02. The van der Waals surface area contributed by atoms with Crippen LogP contribution in [-0.4, -0.2) is 16.8 Å². The standard InChI is InChI=1S/C31H30O5S2/c1-23-11-19-30(20-12-23)37(32,33)26(4)15-13-24(2)25(3)14-16-27(5)38(34,35)31-21-17-29(18-22-31)36-28-9-7-6-8-10-28/h6-22H,3,5H2,1-2,4H3/b16-14-,24-13+,26-15+. The Morgan fingerprint density at radius 3 is 1.82 bits per heavy atom. The molecule has 3 aromatic rings. The third-order valence-electron chi connectivity index (χ3n) is 5.76.